The van der Waals surface area contributed by atoms with Gasteiger partial charge in [-0.15, -0.1) is 0 Å². The van der Waals surface area contributed by atoms with Gasteiger partial charge in [0.2, 0.25) is 5.91 Å². The highest BCUT2D eigenvalue weighted by atomic mass is 32.2. The lowest BCUT2D eigenvalue weighted by molar-refractivity contribution is -0.147. The van der Waals surface area contributed by atoms with Crippen LogP contribution >= 0.6 is 0 Å². The van der Waals surface area contributed by atoms with E-state index in [0.29, 0.717) is 11.3 Å². The normalized spacial score (nSPS) is 17.8. The highest BCUT2D eigenvalue weighted by Gasteiger charge is 2.32. The number of aromatic amines is 1. The number of amidine groups is 1. The fourth-order valence-electron chi connectivity index (χ4n) is 2.83. The summed E-state index contributed by atoms with van der Waals surface area (Å²) in [4.78, 5) is 35.9. The lowest BCUT2D eigenvalue weighted by atomic mass is 10.1. The van der Waals surface area contributed by atoms with Crippen molar-refractivity contribution in [3.63, 3.8) is 0 Å². The molecule has 0 aliphatic carbocycles. The lowest BCUT2D eigenvalue weighted by Gasteiger charge is -2.18. The first-order chi connectivity index (χ1) is 13.8. The molecule has 1 aliphatic heterocycles. The van der Waals surface area contributed by atoms with Gasteiger partial charge in [0.15, 0.2) is 0 Å². The van der Waals surface area contributed by atoms with Crippen LogP contribution in [0.4, 0.5) is 0 Å². The zero-order chi connectivity index (χ0) is 21.0. The molecule has 2 atom stereocenters. The second-order valence-electron chi connectivity index (χ2n) is 6.35. The van der Waals surface area contributed by atoms with Crippen molar-refractivity contribution in [2.45, 2.75) is 37.2 Å². The Bertz CT molecular complexity index is 1030. The van der Waals surface area contributed by atoms with Gasteiger partial charge in [-0.05, 0) is 26.0 Å². The maximum absolute atomic E-state index is 12.6. The van der Waals surface area contributed by atoms with Crippen molar-refractivity contribution >= 4 is 27.7 Å². The molecule has 0 saturated heterocycles. The molecule has 3 N–H and O–H groups in total. The fourth-order valence-corrected chi connectivity index (χ4v) is 4.07. The number of H-pyrrole nitrogens is 1. The van der Waals surface area contributed by atoms with E-state index >= 15 is 0 Å². The van der Waals surface area contributed by atoms with Crippen LogP contribution in [-0.2, 0) is 30.8 Å². The van der Waals surface area contributed by atoms with Gasteiger partial charge in [-0.25, -0.2) is 18.2 Å². The second-order valence-corrected chi connectivity index (χ2v) is 8.00. The Morgan fingerprint density at radius 3 is 2.76 bits per heavy atom. The number of aliphatic imine (C=N–C) groups is 1. The van der Waals surface area contributed by atoms with Crippen LogP contribution in [0.2, 0.25) is 0 Å². The molecule has 1 aromatic heterocycles. The number of benzene rings is 1. The van der Waals surface area contributed by atoms with Gasteiger partial charge in [0.1, 0.15) is 17.9 Å². The van der Waals surface area contributed by atoms with E-state index in [9.17, 15) is 18.0 Å². The van der Waals surface area contributed by atoms with Gasteiger partial charge in [-0.1, -0.05) is 12.1 Å². The van der Waals surface area contributed by atoms with E-state index in [4.69, 9.17) is 4.74 Å². The van der Waals surface area contributed by atoms with Crippen LogP contribution < -0.4 is 10.0 Å². The van der Waals surface area contributed by atoms with Crippen LogP contribution in [0.15, 0.2) is 46.7 Å². The molecule has 0 fully saturated rings. The van der Waals surface area contributed by atoms with Crippen molar-refractivity contribution in [1.29, 1.82) is 0 Å². The Morgan fingerprint density at radius 1 is 1.31 bits per heavy atom. The number of sulfonamides is 1. The quantitative estimate of drug-likeness (QED) is 0.544. The van der Waals surface area contributed by atoms with Gasteiger partial charge < -0.3 is 15.0 Å². The highest BCUT2D eigenvalue weighted by Crippen LogP contribution is 2.22. The zero-order valence-corrected chi connectivity index (χ0v) is 16.7. The topological polar surface area (TPSA) is 143 Å². The molecule has 1 aliphatic rings. The Kier molecular flexibility index (Phi) is 5.97. The van der Waals surface area contributed by atoms with Crippen LogP contribution in [0.3, 0.4) is 0 Å². The number of aromatic nitrogens is 2. The number of imidazole rings is 1. The monoisotopic (exact) mass is 419 g/mol. The standard InChI is InChI=1S/C18H21N5O5S/c1-3-28-18(25)14(8-12-9-19-10-20-12)22-17(24)11(2)21-16-13-6-4-5-7-15(13)29(26,27)23-16/h4-7,9-11,14H,3,8H2,1-2H3,(H,19,20)(H,21,23)(H,22,24)/t11?,14-/m0/s1. The smallest absolute Gasteiger partial charge is 0.329 e. The molecular formula is C18H21N5O5S. The van der Waals surface area contributed by atoms with E-state index in [1.54, 1.807) is 31.3 Å². The van der Waals surface area contributed by atoms with Crippen molar-refractivity contribution in [3.05, 3.63) is 48.0 Å². The minimum absolute atomic E-state index is 0.0875. The van der Waals surface area contributed by atoms with Crippen LogP contribution in [0.5, 0.6) is 0 Å². The minimum Gasteiger partial charge on any atom is -0.464 e. The summed E-state index contributed by atoms with van der Waals surface area (Å²) >= 11 is 0. The number of nitrogens with one attached hydrogen (secondary N) is 3. The molecule has 1 amide bonds. The van der Waals surface area contributed by atoms with E-state index < -0.39 is 34.0 Å². The third-order valence-electron chi connectivity index (χ3n) is 4.23. The number of hydrogen-bond donors (Lipinski definition) is 3. The summed E-state index contributed by atoms with van der Waals surface area (Å²) in [5.41, 5.74) is 1.05. The van der Waals surface area contributed by atoms with Crippen LogP contribution in [0, 0.1) is 0 Å². The summed E-state index contributed by atoms with van der Waals surface area (Å²) < 4.78 is 31.7. The molecule has 11 heteroatoms. The van der Waals surface area contributed by atoms with Gasteiger partial charge in [-0.2, -0.15) is 0 Å². The molecule has 2 heterocycles. The van der Waals surface area contributed by atoms with Crippen molar-refractivity contribution in [3.8, 4) is 0 Å². The summed E-state index contributed by atoms with van der Waals surface area (Å²) in [7, 11) is -3.70. The Hall–Kier alpha value is -3.21. The van der Waals surface area contributed by atoms with Gasteiger partial charge in [0.25, 0.3) is 10.0 Å². The van der Waals surface area contributed by atoms with Gasteiger partial charge >= 0.3 is 5.97 Å². The Balaban J connectivity index is 1.76. The molecule has 1 aromatic carbocycles. The summed E-state index contributed by atoms with van der Waals surface area (Å²) in [6.45, 7) is 3.35. The maximum atomic E-state index is 12.6. The molecule has 3 rings (SSSR count). The van der Waals surface area contributed by atoms with Crippen molar-refractivity contribution in [2.75, 3.05) is 6.61 Å². The summed E-state index contributed by atoms with van der Waals surface area (Å²) in [5.74, 6) is -1.04. The molecule has 10 nitrogen and oxygen atoms in total. The maximum Gasteiger partial charge on any atom is 0.329 e. The number of carbonyl (C=O) groups excluding carboxylic acids is 2. The van der Waals surface area contributed by atoms with E-state index in [0.717, 1.165) is 0 Å². The Morgan fingerprint density at radius 2 is 2.07 bits per heavy atom. The van der Waals surface area contributed by atoms with Crippen molar-refractivity contribution in [2.24, 2.45) is 4.99 Å². The number of amides is 1. The van der Waals surface area contributed by atoms with E-state index in [1.165, 1.54) is 19.3 Å². The third-order valence-corrected chi connectivity index (χ3v) is 5.63. The first-order valence-electron chi connectivity index (χ1n) is 8.96. The van der Waals surface area contributed by atoms with Crippen LogP contribution in [0.1, 0.15) is 25.1 Å². The molecule has 1 unspecified atom stereocenters. The number of hydrogen-bond acceptors (Lipinski definition) is 7. The molecule has 0 spiro atoms. The average Bonchev–Trinajstić information content (AvgIpc) is 3.28. The number of carbonyl (C=O) groups is 2. The molecule has 29 heavy (non-hydrogen) atoms. The SMILES string of the molecule is CCOC(=O)[C@H](Cc1cnc[nH]1)NC(=O)C(C)N=C1NS(=O)(=O)c2ccccc21. The Labute approximate surface area is 167 Å². The third kappa shape index (κ3) is 4.62. The van der Waals surface area contributed by atoms with E-state index in [1.807, 2.05) is 0 Å². The fraction of sp³-hybridized carbons (Fsp3) is 0.333. The number of ether oxygens (including phenoxy) is 1. The largest absolute Gasteiger partial charge is 0.464 e. The number of nitrogens with zero attached hydrogens (tertiary/aromatic N) is 2. The average molecular weight is 419 g/mol. The first-order valence-corrected chi connectivity index (χ1v) is 10.4. The number of esters is 1. The highest BCUT2D eigenvalue weighted by molar-refractivity contribution is 7.90. The van der Waals surface area contributed by atoms with Gasteiger partial charge in [0, 0.05) is 23.9 Å². The predicted octanol–water partition coefficient (Wildman–Crippen LogP) is 0.127. The van der Waals surface area contributed by atoms with Crippen LogP contribution in [-0.4, -0.2) is 54.8 Å². The lowest BCUT2D eigenvalue weighted by Crippen LogP contribution is -2.46. The summed E-state index contributed by atoms with van der Waals surface area (Å²) in [5, 5.41) is 2.61. The van der Waals surface area contributed by atoms with Gasteiger partial charge in [0.05, 0.1) is 17.8 Å². The molecule has 2 aromatic rings. The van der Waals surface area contributed by atoms with Gasteiger partial charge in [-0.3, -0.25) is 14.5 Å². The van der Waals surface area contributed by atoms with E-state index in [-0.39, 0.29) is 23.8 Å². The molecule has 0 saturated carbocycles. The van der Waals surface area contributed by atoms with Crippen molar-refractivity contribution < 1.29 is 22.7 Å². The molecule has 0 bridgehead atoms. The predicted molar refractivity (Wildman–Crippen MR) is 104 cm³/mol. The molecule has 154 valence electrons. The van der Waals surface area contributed by atoms with Crippen molar-refractivity contribution in [1.82, 2.24) is 20.0 Å². The first kappa shape index (κ1) is 20.5. The minimum atomic E-state index is -3.70. The zero-order valence-electron chi connectivity index (χ0n) is 15.9. The van der Waals surface area contributed by atoms with Crippen LogP contribution in [0.25, 0.3) is 0 Å². The molecule has 0 radical (unpaired) electrons. The molecular weight excluding hydrogens is 398 g/mol. The summed E-state index contributed by atoms with van der Waals surface area (Å²) in [6.07, 6.45) is 3.19. The number of fused-ring (bicyclic) bond motifs is 1. The van der Waals surface area contributed by atoms with E-state index in [2.05, 4.69) is 25.0 Å². The second kappa shape index (κ2) is 8.43. The summed E-state index contributed by atoms with van der Waals surface area (Å²) in [6, 6.07) is 4.48. The number of rotatable bonds is 7.